The first-order valence-corrected chi connectivity index (χ1v) is 15.0. The molecule has 0 spiro atoms. The predicted molar refractivity (Wildman–Crippen MR) is 184 cm³/mol. The van der Waals surface area contributed by atoms with Crippen LogP contribution in [0, 0.1) is 0 Å². The Balaban J connectivity index is 1.17. The maximum Gasteiger partial charge on any atom is 0.227 e. The number of oxazole rings is 1. The Kier molecular flexibility index (Phi) is 5.78. The van der Waals surface area contributed by atoms with Gasteiger partial charge < -0.3 is 13.7 Å². The first kappa shape index (κ1) is 25.4. The van der Waals surface area contributed by atoms with Gasteiger partial charge in [-0.15, -0.1) is 0 Å². The topological polar surface area (TPSA) is 42.4 Å². The van der Waals surface area contributed by atoms with Gasteiger partial charge in [0.05, 0.1) is 0 Å². The Bertz CT molecular complexity index is 2480. The predicted octanol–water partition coefficient (Wildman–Crippen LogP) is 11.7. The third kappa shape index (κ3) is 4.27. The zero-order valence-electron chi connectivity index (χ0n) is 24.2. The minimum atomic E-state index is 0.624. The van der Waals surface area contributed by atoms with Crippen LogP contribution in [0.25, 0.3) is 66.4 Å². The zero-order valence-corrected chi connectivity index (χ0v) is 24.2. The van der Waals surface area contributed by atoms with Gasteiger partial charge in [-0.3, -0.25) is 0 Å². The fourth-order valence-electron chi connectivity index (χ4n) is 6.37. The van der Waals surface area contributed by atoms with Crippen LogP contribution in [-0.4, -0.2) is 4.98 Å². The third-order valence-corrected chi connectivity index (χ3v) is 8.49. The quantitative estimate of drug-likeness (QED) is 0.204. The Labute approximate surface area is 259 Å². The molecule has 0 fully saturated rings. The lowest BCUT2D eigenvalue weighted by molar-refractivity contribution is 0.623. The Morgan fingerprint density at radius 3 is 2.00 bits per heavy atom. The van der Waals surface area contributed by atoms with E-state index in [1.165, 1.54) is 0 Å². The highest BCUT2D eigenvalue weighted by Crippen LogP contribution is 2.41. The van der Waals surface area contributed by atoms with Gasteiger partial charge in [0, 0.05) is 38.8 Å². The van der Waals surface area contributed by atoms with Crippen LogP contribution in [0.5, 0.6) is 0 Å². The molecule has 2 heterocycles. The number of rotatable bonds is 5. The monoisotopic (exact) mass is 578 g/mol. The molecule has 4 nitrogen and oxygen atoms in total. The number of hydrogen-bond acceptors (Lipinski definition) is 4. The van der Waals surface area contributed by atoms with Crippen LogP contribution in [0.2, 0.25) is 0 Å². The van der Waals surface area contributed by atoms with Crippen molar-refractivity contribution in [3.63, 3.8) is 0 Å². The van der Waals surface area contributed by atoms with E-state index in [0.717, 1.165) is 77.6 Å². The van der Waals surface area contributed by atoms with E-state index in [0.29, 0.717) is 5.89 Å². The molecule has 0 saturated carbocycles. The van der Waals surface area contributed by atoms with E-state index in [9.17, 15) is 0 Å². The van der Waals surface area contributed by atoms with Crippen LogP contribution in [0.15, 0.2) is 167 Å². The number of anilines is 3. The molecule has 7 aromatic carbocycles. The average Bonchev–Trinajstić information content (AvgIpc) is 3.72. The number of furan rings is 1. The number of para-hydroxylation sites is 2. The molecule has 0 aliphatic heterocycles. The first-order chi connectivity index (χ1) is 22.3. The van der Waals surface area contributed by atoms with Gasteiger partial charge in [0.1, 0.15) is 16.7 Å². The highest BCUT2D eigenvalue weighted by molar-refractivity contribution is 6.12. The molecule has 0 unspecified atom stereocenters. The average molecular weight is 579 g/mol. The van der Waals surface area contributed by atoms with Gasteiger partial charge in [-0.05, 0) is 83.2 Å². The molecule has 9 rings (SSSR count). The number of nitrogens with zero attached hydrogens (tertiary/aromatic N) is 2. The molecule has 0 radical (unpaired) electrons. The normalized spacial score (nSPS) is 11.6. The van der Waals surface area contributed by atoms with E-state index in [-0.39, 0.29) is 0 Å². The highest BCUT2D eigenvalue weighted by Gasteiger charge is 2.17. The fraction of sp³-hybridized carbons (Fsp3) is 0. The summed E-state index contributed by atoms with van der Waals surface area (Å²) in [5.41, 5.74) is 9.85. The molecule has 2 aromatic heterocycles. The highest BCUT2D eigenvalue weighted by atomic mass is 16.3. The lowest BCUT2D eigenvalue weighted by atomic mass is 9.99. The van der Waals surface area contributed by atoms with Crippen LogP contribution >= 0.6 is 0 Å². The van der Waals surface area contributed by atoms with Crippen molar-refractivity contribution in [1.82, 2.24) is 4.98 Å². The fourth-order valence-corrected chi connectivity index (χ4v) is 6.37. The molecule has 0 atom stereocenters. The van der Waals surface area contributed by atoms with Gasteiger partial charge in [0.25, 0.3) is 0 Å². The summed E-state index contributed by atoms with van der Waals surface area (Å²) in [4.78, 5) is 7.09. The lowest BCUT2D eigenvalue weighted by Crippen LogP contribution is -2.09. The third-order valence-electron chi connectivity index (χ3n) is 8.49. The summed E-state index contributed by atoms with van der Waals surface area (Å²) in [6, 6.07) is 54.5. The standard InChI is InChI=1S/C41H26N2O2/c1-3-10-29(11-4-1)41-42-36-25-21-28-20-24-32(26-35(28)40(36)45-41)43(30-12-5-2-6-13-30)31-22-18-27(19-23-31)33-15-9-17-38-39(33)34-14-7-8-16-37(34)44-38/h1-26H. The second-order valence-electron chi connectivity index (χ2n) is 11.2. The smallest absolute Gasteiger partial charge is 0.227 e. The van der Waals surface area contributed by atoms with Crippen molar-refractivity contribution in [1.29, 1.82) is 0 Å². The van der Waals surface area contributed by atoms with Crippen molar-refractivity contribution in [3.8, 4) is 22.6 Å². The maximum absolute atomic E-state index is 6.40. The van der Waals surface area contributed by atoms with Gasteiger partial charge in [-0.2, -0.15) is 0 Å². The van der Waals surface area contributed by atoms with Crippen molar-refractivity contribution in [2.24, 2.45) is 0 Å². The summed E-state index contributed by atoms with van der Waals surface area (Å²) in [5.74, 6) is 0.624. The summed E-state index contributed by atoms with van der Waals surface area (Å²) in [6.45, 7) is 0. The van der Waals surface area contributed by atoms with E-state index >= 15 is 0 Å². The molecule has 0 aliphatic rings. The molecule has 0 saturated heterocycles. The SMILES string of the molecule is c1ccc(-c2nc3ccc4ccc(N(c5ccccc5)c5ccc(-c6cccc7oc8ccccc8c67)cc5)cc4c3o2)cc1. The van der Waals surface area contributed by atoms with Gasteiger partial charge in [-0.25, -0.2) is 4.98 Å². The van der Waals surface area contributed by atoms with Crippen LogP contribution < -0.4 is 4.90 Å². The Morgan fingerprint density at radius 1 is 0.467 bits per heavy atom. The van der Waals surface area contributed by atoms with Crippen LogP contribution in [0.4, 0.5) is 17.1 Å². The van der Waals surface area contributed by atoms with E-state index in [1.807, 2.05) is 60.7 Å². The van der Waals surface area contributed by atoms with Crippen molar-refractivity contribution in [2.75, 3.05) is 4.90 Å². The largest absolute Gasteiger partial charge is 0.456 e. The van der Waals surface area contributed by atoms with Gasteiger partial charge in [0.15, 0.2) is 5.58 Å². The van der Waals surface area contributed by atoms with Crippen LogP contribution in [0.1, 0.15) is 0 Å². The van der Waals surface area contributed by atoms with Crippen molar-refractivity contribution in [3.05, 3.63) is 158 Å². The number of benzene rings is 7. The lowest BCUT2D eigenvalue weighted by Gasteiger charge is -2.26. The molecule has 9 aromatic rings. The van der Waals surface area contributed by atoms with E-state index < -0.39 is 0 Å². The molecule has 0 amide bonds. The Hall–Kier alpha value is -6.13. The number of fused-ring (bicyclic) bond motifs is 6. The van der Waals surface area contributed by atoms with Gasteiger partial charge in [0.2, 0.25) is 5.89 Å². The minimum absolute atomic E-state index is 0.624. The van der Waals surface area contributed by atoms with Gasteiger partial charge in [-0.1, -0.05) is 91.0 Å². The molecular weight excluding hydrogens is 552 g/mol. The molecule has 0 N–H and O–H groups in total. The molecule has 0 bridgehead atoms. The van der Waals surface area contributed by atoms with Crippen LogP contribution in [-0.2, 0) is 0 Å². The summed E-state index contributed by atoms with van der Waals surface area (Å²) in [6.07, 6.45) is 0. The summed E-state index contributed by atoms with van der Waals surface area (Å²) >= 11 is 0. The van der Waals surface area contributed by atoms with Crippen molar-refractivity contribution >= 4 is 60.9 Å². The van der Waals surface area contributed by atoms with Gasteiger partial charge >= 0.3 is 0 Å². The van der Waals surface area contributed by atoms with Crippen molar-refractivity contribution in [2.45, 2.75) is 0 Å². The zero-order chi connectivity index (χ0) is 29.7. The maximum atomic E-state index is 6.40. The minimum Gasteiger partial charge on any atom is -0.456 e. The first-order valence-electron chi connectivity index (χ1n) is 15.0. The number of aromatic nitrogens is 1. The summed E-state index contributed by atoms with van der Waals surface area (Å²) < 4.78 is 12.6. The van der Waals surface area contributed by atoms with E-state index in [1.54, 1.807) is 0 Å². The summed E-state index contributed by atoms with van der Waals surface area (Å²) in [7, 11) is 0. The van der Waals surface area contributed by atoms with Crippen LogP contribution in [0.3, 0.4) is 0 Å². The van der Waals surface area contributed by atoms with E-state index in [2.05, 4.69) is 102 Å². The molecular formula is C41H26N2O2. The van der Waals surface area contributed by atoms with Crippen molar-refractivity contribution < 1.29 is 8.83 Å². The summed E-state index contributed by atoms with van der Waals surface area (Å²) in [5, 5.41) is 4.39. The molecule has 45 heavy (non-hydrogen) atoms. The number of hydrogen-bond donors (Lipinski definition) is 0. The molecule has 212 valence electrons. The van der Waals surface area contributed by atoms with E-state index in [4.69, 9.17) is 13.8 Å². The second-order valence-corrected chi connectivity index (χ2v) is 11.2. The molecule has 0 aliphatic carbocycles. The Morgan fingerprint density at radius 2 is 1.16 bits per heavy atom. The molecule has 4 heteroatoms. The second kappa shape index (κ2) is 10.2.